The Morgan fingerprint density at radius 2 is 2.71 bits per heavy atom. The van der Waals surface area contributed by atoms with Crippen LogP contribution in [0.4, 0.5) is 0 Å². The highest BCUT2D eigenvalue weighted by Gasteiger charge is 2.27. The summed E-state index contributed by atoms with van der Waals surface area (Å²) in [6.07, 6.45) is 0. The van der Waals surface area contributed by atoms with Crippen LogP contribution in [-0.2, 0) is 4.79 Å². The lowest BCUT2D eigenvalue weighted by Crippen LogP contribution is -2.27. The van der Waals surface area contributed by atoms with Crippen LogP contribution in [-0.4, -0.2) is 22.6 Å². The van der Waals surface area contributed by atoms with Crippen LogP contribution in [0.5, 0.6) is 0 Å². The van der Waals surface area contributed by atoms with Gasteiger partial charge in [0.2, 0.25) is 0 Å². The Morgan fingerprint density at radius 1 is 2.00 bits per heavy atom. The van der Waals surface area contributed by atoms with E-state index in [2.05, 4.69) is 0 Å². The topological polar surface area (TPSA) is 37.3 Å². The van der Waals surface area contributed by atoms with Crippen molar-refractivity contribution in [1.82, 2.24) is 0 Å². The van der Waals surface area contributed by atoms with Crippen LogP contribution in [0.2, 0.25) is 0 Å². The van der Waals surface area contributed by atoms with Gasteiger partial charge < -0.3 is 5.11 Å². The smallest absolute Gasteiger partial charge is 0.195 e. The Kier molecular flexibility index (Phi) is 1.35. The van der Waals surface area contributed by atoms with Gasteiger partial charge in [0.15, 0.2) is 5.12 Å². The van der Waals surface area contributed by atoms with Gasteiger partial charge in [-0.25, -0.2) is 0 Å². The summed E-state index contributed by atoms with van der Waals surface area (Å²) in [7, 11) is 0. The van der Waals surface area contributed by atoms with Crippen molar-refractivity contribution >= 4 is 16.9 Å². The van der Waals surface area contributed by atoms with Crippen molar-refractivity contribution in [3.8, 4) is 0 Å². The number of hydrogen-bond donors (Lipinski definition) is 1. The zero-order chi connectivity index (χ0) is 5.28. The molecular weight excluding hydrogens is 112 g/mol. The van der Waals surface area contributed by atoms with Crippen molar-refractivity contribution < 1.29 is 9.90 Å². The average molecular weight is 118 g/mol. The van der Waals surface area contributed by atoms with E-state index in [0.29, 0.717) is 0 Å². The van der Waals surface area contributed by atoms with E-state index < -0.39 is 0 Å². The number of rotatable bonds is 1. The second-order valence-corrected chi connectivity index (χ2v) is 2.53. The van der Waals surface area contributed by atoms with Crippen molar-refractivity contribution in [3.63, 3.8) is 0 Å². The van der Waals surface area contributed by atoms with Crippen LogP contribution in [0.15, 0.2) is 0 Å². The number of thioether (sulfide) groups is 1. The Morgan fingerprint density at radius 3 is 2.71 bits per heavy atom. The first-order valence-electron chi connectivity index (χ1n) is 2.12. The third-order valence-corrected chi connectivity index (χ3v) is 2.17. The van der Waals surface area contributed by atoms with Gasteiger partial charge in [-0.3, -0.25) is 4.79 Å². The number of carbonyl (C=O) groups is 1. The van der Waals surface area contributed by atoms with Gasteiger partial charge >= 0.3 is 0 Å². The molecule has 1 atom stereocenters. The molecule has 40 valence electrons. The Balaban J connectivity index is 2.29. The van der Waals surface area contributed by atoms with E-state index in [-0.39, 0.29) is 17.6 Å². The highest BCUT2D eigenvalue weighted by molar-refractivity contribution is 8.15. The minimum Gasteiger partial charge on any atom is -0.396 e. The summed E-state index contributed by atoms with van der Waals surface area (Å²) in [5.74, 6) is 0.778. The molecule has 1 N–H and O–H groups in total. The first kappa shape index (κ1) is 5.12. The first-order valence-corrected chi connectivity index (χ1v) is 3.10. The maximum Gasteiger partial charge on any atom is 0.195 e. The Bertz CT molecular complexity index is 89.7. The fourth-order valence-corrected chi connectivity index (χ4v) is 1.11. The third kappa shape index (κ3) is 0.786. The predicted molar refractivity (Wildman–Crippen MR) is 28.0 cm³/mol. The maximum atomic E-state index is 10.3. The largest absolute Gasteiger partial charge is 0.396 e. The molecule has 0 aliphatic carbocycles. The molecule has 1 saturated heterocycles. The van der Waals surface area contributed by atoms with E-state index in [1.54, 1.807) is 0 Å². The second-order valence-electron chi connectivity index (χ2n) is 1.51. The van der Waals surface area contributed by atoms with E-state index in [4.69, 9.17) is 5.11 Å². The van der Waals surface area contributed by atoms with E-state index in [1.807, 2.05) is 0 Å². The van der Waals surface area contributed by atoms with Crippen LogP contribution in [0.25, 0.3) is 0 Å². The molecule has 1 aliphatic rings. The van der Waals surface area contributed by atoms with Crippen LogP contribution in [0.1, 0.15) is 0 Å². The van der Waals surface area contributed by atoms with Gasteiger partial charge in [-0.15, -0.1) is 0 Å². The summed E-state index contributed by atoms with van der Waals surface area (Å²) >= 11 is 1.29. The number of hydrogen-bond acceptors (Lipinski definition) is 3. The summed E-state index contributed by atoms with van der Waals surface area (Å²) in [6.45, 7) is 0.0336. The van der Waals surface area contributed by atoms with Crippen molar-refractivity contribution in [2.45, 2.75) is 0 Å². The number of carbonyl (C=O) groups excluding carboxylic acids is 1. The molecule has 3 heteroatoms. The van der Waals surface area contributed by atoms with Gasteiger partial charge in [-0.05, 0) is 0 Å². The van der Waals surface area contributed by atoms with Crippen molar-refractivity contribution in [2.24, 2.45) is 5.92 Å². The minimum atomic E-state index is -0.0370. The van der Waals surface area contributed by atoms with Gasteiger partial charge in [-0.2, -0.15) is 0 Å². The fourth-order valence-electron chi connectivity index (χ4n) is 0.396. The van der Waals surface area contributed by atoms with Gasteiger partial charge in [0.1, 0.15) is 0 Å². The minimum absolute atomic E-state index is 0.0336. The highest BCUT2D eigenvalue weighted by atomic mass is 32.2. The summed E-state index contributed by atoms with van der Waals surface area (Å²) in [5, 5.41) is 8.46. The molecule has 1 fully saturated rings. The molecular formula is C4H6O2S. The molecule has 0 bridgehead atoms. The predicted octanol–water partition coefficient (Wildman–Crippen LogP) is -0.132. The molecule has 1 unspecified atom stereocenters. The number of aliphatic hydroxyl groups excluding tert-OH is 1. The van der Waals surface area contributed by atoms with E-state index >= 15 is 0 Å². The van der Waals surface area contributed by atoms with Gasteiger partial charge in [-0.1, -0.05) is 11.8 Å². The quantitative estimate of drug-likeness (QED) is 0.521. The highest BCUT2D eigenvalue weighted by Crippen LogP contribution is 2.25. The maximum absolute atomic E-state index is 10.3. The molecule has 0 aromatic heterocycles. The Hall–Kier alpha value is -0.0200. The van der Waals surface area contributed by atoms with Gasteiger partial charge in [0.25, 0.3) is 0 Å². The molecule has 1 heterocycles. The fraction of sp³-hybridized carbons (Fsp3) is 0.750. The molecule has 1 rings (SSSR count). The normalized spacial score (nSPS) is 29.9. The molecule has 2 nitrogen and oxygen atoms in total. The zero-order valence-electron chi connectivity index (χ0n) is 3.76. The molecule has 1 aliphatic heterocycles. The molecule has 0 radical (unpaired) electrons. The van der Waals surface area contributed by atoms with E-state index in [1.165, 1.54) is 11.8 Å². The monoisotopic (exact) mass is 118 g/mol. The standard InChI is InChI=1S/C4H6O2S/c5-1-3-2-7-4(3)6/h3,5H,1-2H2. The SMILES string of the molecule is O=C1SCC1CO. The summed E-state index contributed by atoms with van der Waals surface area (Å²) in [5.41, 5.74) is 0. The summed E-state index contributed by atoms with van der Waals surface area (Å²) in [4.78, 5) is 10.3. The third-order valence-electron chi connectivity index (χ3n) is 0.980. The molecule has 0 aromatic carbocycles. The lowest BCUT2D eigenvalue weighted by Gasteiger charge is -2.19. The summed E-state index contributed by atoms with van der Waals surface area (Å²) in [6, 6.07) is 0. The first-order chi connectivity index (χ1) is 3.34. The van der Waals surface area contributed by atoms with Crippen LogP contribution in [0.3, 0.4) is 0 Å². The van der Waals surface area contributed by atoms with Gasteiger partial charge in [0.05, 0.1) is 12.5 Å². The summed E-state index contributed by atoms with van der Waals surface area (Å²) < 4.78 is 0. The molecule has 0 saturated carbocycles. The zero-order valence-corrected chi connectivity index (χ0v) is 4.57. The van der Waals surface area contributed by atoms with Crippen molar-refractivity contribution in [2.75, 3.05) is 12.4 Å². The molecule has 7 heavy (non-hydrogen) atoms. The van der Waals surface area contributed by atoms with Crippen molar-refractivity contribution in [3.05, 3.63) is 0 Å². The van der Waals surface area contributed by atoms with E-state index in [9.17, 15) is 4.79 Å². The van der Waals surface area contributed by atoms with Crippen molar-refractivity contribution in [1.29, 1.82) is 0 Å². The average Bonchev–Trinajstić information content (AvgIpc) is 1.65. The van der Waals surface area contributed by atoms with Crippen LogP contribution >= 0.6 is 11.8 Å². The molecule has 0 aromatic rings. The van der Waals surface area contributed by atoms with Gasteiger partial charge in [0, 0.05) is 5.75 Å². The van der Waals surface area contributed by atoms with Crippen LogP contribution < -0.4 is 0 Å². The number of aliphatic hydroxyl groups is 1. The second kappa shape index (κ2) is 1.84. The molecule has 0 spiro atoms. The lowest BCUT2D eigenvalue weighted by atomic mass is 10.2. The van der Waals surface area contributed by atoms with E-state index in [0.717, 1.165) is 5.75 Å². The Labute approximate surface area is 45.9 Å². The van der Waals surface area contributed by atoms with Crippen LogP contribution in [0, 0.1) is 5.92 Å². The lowest BCUT2D eigenvalue weighted by molar-refractivity contribution is -0.116. The molecule has 0 amide bonds.